The van der Waals surface area contributed by atoms with Crippen molar-refractivity contribution in [3.8, 4) is 5.75 Å². The molecule has 0 aliphatic carbocycles. The van der Waals surface area contributed by atoms with Gasteiger partial charge in [0.2, 0.25) is 11.9 Å². The molecule has 0 radical (unpaired) electrons. The van der Waals surface area contributed by atoms with Crippen LogP contribution in [0.5, 0.6) is 5.75 Å². The second-order valence-electron chi connectivity index (χ2n) is 14.8. The highest BCUT2D eigenvalue weighted by molar-refractivity contribution is 6.33. The number of piperazine rings is 1. The lowest BCUT2D eigenvalue weighted by Crippen LogP contribution is -2.49. The summed E-state index contributed by atoms with van der Waals surface area (Å²) < 4.78 is 7.25. The normalized spacial score (nSPS) is 16.9. The quantitative estimate of drug-likeness (QED) is 0.200. The van der Waals surface area contributed by atoms with Crippen LogP contribution in [0, 0.1) is 5.92 Å². The van der Waals surface area contributed by atoms with E-state index in [0.29, 0.717) is 59.3 Å². The van der Waals surface area contributed by atoms with Gasteiger partial charge in [-0.2, -0.15) is 4.98 Å². The Morgan fingerprint density at radius 2 is 1.70 bits per heavy atom. The summed E-state index contributed by atoms with van der Waals surface area (Å²) in [5.41, 5.74) is 2.36. The number of amides is 5. The molecule has 2 aromatic heterocycles. The number of benzene rings is 2. The van der Waals surface area contributed by atoms with Crippen LogP contribution in [0.3, 0.4) is 0 Å². The lowest BCUT2D eigenvalue weighted by atomic mass is 9.95. The monoisotopic (exact) mass is 798 g/mol. The molecule has 5 heterocycles. The Bertz CT molecular complexity index is 2220. The van der Waals surface area contributed by atoms with E-state index < -0.39 is 6.03 Å². The predicted molar refractivity (Wildman–Crippen MR) is 218 cm³/mol. The Morgan fingerprint density at radius 3 is 2.39 bits per heavy atom. The molecular weight excluding hydrogens is 752 g/mol. The number of piperidine rings is 1. The number of hydrogen-bond donors (Lipinski definition) is 3. The minimum Gasteiger partial charge on any atom is -0.478 e. The number of nitrogens with one attached hydrogen (secondary N) is 3. The zero-order chi connectivity index (χ0) is 40.2. The Morgan fingerprint density at radius 1 is 0.965 bits per heavy atom. The van der Waals surface area contributed by atoms with Gasteiger partial charge in [0.25, 0.3) is 17.4 Å². The zero-order valence-electron chi connectivity index (χ0n) is 32.3. The van der Waals surface area contributed by atoms with Crippen LogP contribution >= 0.6 is 11.6 Å². The number of halogens is 1. The first-order valence-electron chi connectivity index (χ1n) is 19.3. The highest BCUT2D eigenvalue weighted by Crippen LogP contribution is 2.30. The Hall–Kier alpha value is -5.74. The van der Waals surface area contributed by atoms with Gasteiger partial charge in [0.15, 0.2) is 18.2 Å². The van der Waals surface area contributed by atoms with E-state index in [-0.39, 0.29) is 48.1 Å². The van der Waals surface area contributed by atoms with E-state index in [1.54, 1.807) is 41.1 Å². The van der Waals surface area contributed by atoms with Gasteiger partial charge in [0.1, 0.15) is 5.02 Å². The summed E-state index contributed by atoms with van der Waals surface area (Å²) in [4.78, 5) is 79.3. The molecule has 3 N–H and O–H groups in total. The second-order valence-corrected chi connectivity index (χ2v) is 15.2. The first kappa shape index (κ1) is 39.5. The molecule has 0 unspecified atom stereocenters. The Labute approximate surface area is 335 Å². The van der Waals surface area contributed by atoms with Crippen LogP contribution in [-0.2, 0) is 9.59 Å². The van der Waals surface area contributed by atoms with Crippen molar-refractivity contribution in [3.63, 3.8) is 0 Å². The van der Waals surface area contributed by atoms with E-state index in [2.05, 4.69) is 30.7 Å². The fourth-order valence-corrected chi connectivity index (χ4v) is 7.69. The van der Waals surface area contributed by atoms with Gasteiger partial charge in [0, 0.05) is 94.2 Å². The molecule has 2 aromatic carbocycles. The minimum atomic E-state index is -0.446. The zero-order valence-corrected chi connectivity index (χ0v) is 33.1. The first-order chi connectivity index (χ1) is 27.5. The third-order valence-electron chi connectivity index (χ3n) is 10.7. The number of nitrogens with zero attached hydrogens (tertiary/aromatic N) is 7. The van der Waals surface area contributed by atoms with Crippen LogP contribution in [0.25, 0.3) is 10.9 Å². The molecule has 3 aliphatic heterocycles. The van der Waals surface area contributed by atoms with Crippen LogP contribution in [0.1, 0.15) is 49.5 Å². The summed E-state index contributed by atoms with van der Waals surface area (Å²) in [5, 5.41) is 9.26. The molecule has 3 fully saturated rings. The van der Waals surface area contributed by atoms with Gasteiger partial charge >= 0.3 is 6.03 Å². The summed E-state index contributed by atoms with van der Waals surface area (Å²) in [6, 6.07) is 13.7. The van der Waals surface area contributed by atoms with Crippen molar-refractivity contribution in [3.05, 3.63) is 75.7 Å². The van der Waals surface area contributed by atoms with Gasteiger partial charge in [-0.25, -0.2) is 9.78 Å². The van der Waals surface area contributed by atoms with Gasteiger partial charge < -0.3 is 29.7 Å². The van der Waals surface area contributed by atoms with Crippen LogP contribution in [0.2, 0.25) is 5.02 Å². The molecule has 16 nitrogen and oxygen atoms in total. The lowest BCUT2D eigenvalue weighted by Gasteiger charge is -2.39. The number of likely N-dealkylation sites (N-methyl/N-ethyl adjacent to an activating group) is 1. The highest BCUT2D eigenvalue weighted by atomic mass is 35.5. The number of aromatic nitrogens is 3. The lowest BCUT2D eigenvalue weighted by molar-refractivity contribution is -0.122. The molecule has 0 atom stereocenters. The van der Waals surface area contributed by atoms with Gasteiger partial charge in [-0.1, -0.05) is 11.6 Å². The van der Waals surface area contributed by atoms with Crippen molar-refractivity contribution in [1.82, 2.24) is 35.0 Å². The summed E-state index contributed by atoms with van der Waals surface area (Å²) in [7, 11) is 1.51. The van der Waals surface area contributed by atoms with E-state index >= 15 is 0 Å². The van der Waals surface area contributed by atoms with Crippen molar-refractivity contribution in [1.29, 1.82) is 0 Å². The van der Waals surface area contributed by atoms with Crippen molar-refractivity contribution in [2.45, 2.75) is 39.2 Å². The molecular formula is C40H47ClN10O6. The highest BCUT2D eigenvalue weighted by Gasteiger charge is 2.28. The van der Waals surface area contributed by atoms with Crippen molar-refractivity contribution >= 4 is 69.4 Å². The van der Waals surface area contributed by atoms with E-state index in [4.69, 9.17) is 21.3 Å². The molecule has 57 heavy (non-hydrogen) atoms. The number of carbonyl (C=O) groups excluding carboxylic acids is 4. The van der Waals surface area contributed by atoms with E-state index in [1.807, 2.05) is 36.9 Å². The van der Waals surface area contributed by atoms with Crippen LogP contribution < -0.4 is 36.0 Å². The molecule has 0 saturated carbocycles. The van der Waals surface area contributed by atoms with E-state index in [9.17, 15) is 24.0 Å². The second kappa shape index (κ2) is 17.2. The Kier molecular flexibility index (Phi) is 11.9. The summed E-state index contributed by atoms with van der Waals surface area (Å²) in [6.45, 7) is 9.45. The fraction of sp³-hybridized carbons (Fsp3) is 0.425. The molecule has 3 aliphatic rings. The maximum absolute atomic E-state index is 13.3. The molecule has 5 amide bonds. The number of fused-ring (bicyclic) bond motifs is 1. The van der Waals surface area contributed by atoms with Gasteiger partial charge in [-0.05, 0) is 81.1 Å². The van der Waals surface area contributed by atoms with E-state index in [0.717, 1.165) is 56.5 Å². The standard InChI is InChI=1S/C40H47ClN10O6/c1-25(2)51-32-9-6-29(20-28(32)21-33(38(51)55)57-24-35(53)42-3)44-36-31(41)22-43-39(46-36)49-18-16-47(17-19-49)23-26-10-13-48(14-11-26)37(54)27-4-7-30(8-5-27)50-15-12-34(52)45-40(50)56/h4-9,20-22,25-26H,10-19,23-24H2,1-3H3,(H,42,53)(H,43,44,46)(H,45,52,56). The summed E-state index contributed by atoms with van der Waals surface area (Å²) in [5.74, 6) is 0.982. The first-order valence-corrected chi connectivity index (χ1v) is 19.7. The smallest absolute Gasteiger partial charge is 0.328 e. The van der Waals surface area contributed by atoms with Crippen LogP contribution in [0.15, 0.2) is 59.5 Å². The average Bonchev–Trinajstić information content (AvgIpc) is 3.21. The van der Waals surface area contributed by atoms with E-state index in [1.165, 1.54) is 11.9 Å². The number of urea groups is 1. The van der Waals surface area contributed by atoms with Crippen molar-refractivity contribution in [2.24, 2.45) is 5.92 Å². The van der Waals surface area contributed by atoms with Crippen molar-refractivity contribution < 1.29 is 23.9 Å². The van der Waals surface area contributed by atoms with Gasteiger partial charge in [-0.3, -0.25) is 34.3 Å². The van der Waals surface area contributed by atoms with Crippen molar-refractivity contribution in [2.75, 3.05) is 81.1 Å². The SMILES string of the molecule is CNC(=O)COc1cc2cc(Nc3nc(N4CCN(CC5CCN(C(=O)c6ccc(N7CCC(=O)NC7=O)cc6)CC5)CC4)ncc3Cl)ccc2n(C(C)C)c1=O. The molecule has 4 aromatic rings. The number of hydrogen-bond acceptors (Lipinski definition) is 11. The fourth-order valence-electron chi connectivity index (χ4n) is 7.56. The number of imide groups is 1. The summed E-state index contributed by atoms with van der Waals surface area (Å²) in [6.07, 6.45) is 3.70. The van der Waals surface area contributed by atoms with Crippen LogP contribution in [0.4, 0.5) is 27.9 Å². The van der Waals surface area contributed by atoms with Gasteiger partial charge in [0.05, 0.1) is 11.7 Å². The van der Waals surface area contributed by atoms with Crippen LogP contribution in [-0.4, -0.2) is 114 Å². The number of carbonyl (C=O) groups is 4. The summed E-state index contributed by atoms with van der Waals surface area (Å²) >= 11 is 6.57. The number of pyridine rings is 1. The maximum atomic E-state index is 13.3. The molecule has 17 heteroatoms. The Balaban J connectivity index is 0.917. The molecule has 7 rings (SSSR count). The molecule has 0 bridgehead atoms. The number of ether oxygens (including phenoxy) is 1. The minimum absolute atomic E-state index is 0.0142. The predicted octanol–water partition coefficient (Wildman–Crippen LogP) is 4.01. The number of rotatable bonds is 11. The largest absolute Gasteiger partial charge is 0.478 e. The maximum Gasteiger partial charge on any atom is 0.328 e. The molecule has 3 saturated heterocycles. The molecule has 0 spiro atoms. The molecule has 300 valence electrons. The van der Waals surface area contributed by atoms with Gasteiger partial charge in [-0.15, -0.1) is 0 Å². The third-order valence-corrected chi connectivity index (χ3v) is 11.0. The average molecular weight is 799 g/mol. The number of anilines is 4. The third kappa shape index (κ3) is 8.97. The topological polar surface area (TPSA) is 174 Å². The number of likely N-dealkylation sites (tertiary alicyclic amines) is 1.